The molecule has 3 aliphatic rings. The molecular formula is C27H39N5O2. The summed E-state index contributed by atoms with van der Waals surface area (Å²) in [6, 6.07) is 6.05. The van der Waals surface area contributed by atoms with Gasteiger partial charge >= 0.3 is 0 Å². The fourth-order valence-electron chi connectivity index (χ4n) is 6.01. The minimum atomic E-state index is 0.146. The summed E-state index contributed by atoms with van der Waals surface area (Å²) in [5.74, 6) is 1.96. The summed E-state index contributed by atoms with van der Waals surface area (Å²) < 4.78 is 2.15. The average molecular weight is 466 g/mol. The predicted octanol–water partition coefficient (Wildman–Crippen LogP) is 4.32. The minimum absolute atomic E-state index is 0.146. The maximum absolute atomic E-state index is 12.9. The number of aromatic nitrogens is 2. The Balaban J connectivity index is 1.18. The fourth-order valence-corrected chi connectivity index (χ4v) is 6.01. The van der Waals surface area contributed by atoms with Crippen LogP contribution in [0.1, 0.15) is 70.0 Å². The highest BCUT2D eigenvalue weighted by atomic mass is 16.2. The summed E-state index contributed by atoms with van der Waals surface area (Å²) in [5, 5.41) is 3.12. The first-order valence-corrected chi connectivity index (χ1v) is 13.4. The van der Waals surface area contributed by atoms with Crippen molar-refractivity contribution in [3.8, 4) is 0 Å². The maximum atomic E-state index is 12.9. The monoisotopic (exact) mass is 465 g/mol. The van der Waals surface area contributed by atoms with Crippen LogP contribution in [0.2, 0.25) is 0 Å². The lowest BCUT2D eigenvalue weighted by Gasteiger charge is -2.37. The number of hydrogen-bond donors (Lipinski definition) is 1. The second kappa shape index (κ2) is 10.5. The van der Waals surface area contributed by atoms with E-state index in [2.05, 4.69) is 32.8 Å². The van der Waals surface area contributed by atoms with Gasteiger partial charge in [-0.2, -0.15) is 0 Å². The summed E-state index contributed by atoms with van der Waals surface area (Å²) in [5.41, 5.74) is 2.84. The van der Waals surface area contributed by atoms with Crippen LogP contribution in [0.25, 0.3) is 11.0 Å². The molecule has 2 heterocycles. The molecular weight excluding hydrogens is 426 g/mol. The molecule has 1 N–H and O–H groups in total. The second-order valence-electron chi connectivity index (χ2n) is 10.6. The molecule has 1 aromatic carbocycles. The largest absolute Gasteiger partial charge is 0.340 e. The van der Waals surface area contributed by atoms with E-state index in [4.69, 9.17) is 4.98 Å². The number of amides is 2. The van der Waals surface area contributed by atoms with Gasteiger partial charge in [0, 0.05) is 50.7 Å². The Labute approximate surface area is 202 Å². The number of benzene rings is 1. The number of fused-ring (bicyclic) bond motifs is 1. The molecule has 7 nitrogen and oxygen atoms in total. The molecule has 2 aliphatic carbocycles. The zero-order chi connectivity index (χ0) is 23.5. The second-order valence-corrected chi connectivity index (χ2v) is 10.6. The summed E-state index contributed by atoms with van der Waals surface area (Å²) in [4.78, 5) is 34.9. The molecule has 0 radical (unpaired) electrons. The molecule has 0 spiro atoms. The summed E-state index contributed by atoms with van der Waals surface area (Å²) in [6.07, 6.45) is 11.4. The first-order valence-electron chi connectivity index (χ1n) is 13.4. The van der Waals surface area contributed by atoms with Crippen LogP contribution in [0.4, 0.5) is 5.69 Å². The van der Waals surface area contributed by atoms with Crippen molar-refractivity contribution in [3.05, 3.63) is 24.0 Å². The van der Waals surface area contributed by atoms with Gasteiger partial charge in [0.15, 0.2) is 0 Å². The Bertz CT molecular complexity index is 1010. The molecule has 1 aromatic heterocycles. The molecule has 34 heavy (non-hydrogen) atoms. The number of rotatable bonds is 5. The van der Waals surface area contributed by atoms with Gasteiger partial charge in [-0.3, -0.25) is 14.5 Å². The lowest BCUT2D eigenvalue weighted by Crippen LogP contribution is -2.50. The lowest BCUT2D eigenvalue weighted by molar-refractivity contribution is -0.138. The van der Waals surface area contributed by atoms with Crippen LogP contribution < -0.4 is 5.32 Å². The van der Waals surface area contributed by atoms with Crippen molar-refractivity contribution in [2.45, 2.75) is 70.8 Å². The molecule has 1 aliphatic heterocycles. The van der Waals surface area contributed by atoms with Crippen molar-refractivity contribution >= 4 is 28.5 Å². The number of carbonyl (C=O) groups is 2. The Morgan fingerprint density at radius 1 is 0.912 bits per heavy atom. The van der Waals surface area contributed by atoms with Crippen molar-refractivity contribution < 1.29 is 9.59 Å². The SMILES string of the molecule is Cn1c(CN2CCN(C(=O)C3CCCCC3)CC2)nc2cc(NC(=O)C3CCCCC3)ccc21. The average Bonchev–Trinajstić information content (AvgIpc) is 3.19. The van der Waals surface area contributed by atoms with Gasteiger partial charge in [0.25, 0.3) is 0 Å². The highest BCUT2D eigenvalue weighted by Crippen LogP contribution is 2.27. The molecule has 0 bridgehead atoms. The van der Waals surface area contributed by atoms with Crippen molar-refractivity contribution in [1.29, 1.82) is 0 Å². The van der Waals surface area contributed by atoms with Gasteiger partial charge in [-0.25, -0.2) is 4.98 Å². The number of imidazole rings is 1. The quantitative estimate of drug-likeness (QED) is 0.714. The van der Waals surface area contributed by atoms with Crippen molar-refractivity contribution in [2.75, 3.05) is 31.5 Å². The zero-order valence-corrected chi connectivity index (χ0v) is 20.6. The molecule has 184 valence electrons. The Kier molecular flexibility index (Phi) is 7.18. The molecule has 0 atom stereocenters. The highest BCUT2D eigenvalue weighted by molar-refractivity contribution is 5.94. The number of piperazine rings is 1. The van der Waals surface area contributed by atoms with Gasteiger partial charge in [-0.05, 0) is 43.9 Å². The van der Waals surface area contributed by atoms with Crippen LogP contribution >= 0.6 is 0 Å². The van der Waals surface area contributed by atoms with Crippen LogP contribution in [-0.2, 0) is 23.2 Å². The van der Waals surface area contributed by atoms with E-state index in [1.165, 1.54) is 25.7 Å². The Morgan fingerprint density at radius 3 is 2.24 bits per heavy atom. The van der Waals surface area contributed by atoms with Crippen molar-refractivity contribution in [3.63, 3.8) is 0 Å². The van der Waals surface area contributed by atoms with Gasteiger partial charge in [0.05, 0.1) is 17.6 Å². The Hall–Kier alpha value is -2.41. The van der Waals surface area contributed by atoms with Gasteiger partial charge in [-0.1, -0.05) is 38.5 Å². The number of nitrogens with one attached hydrogen (secondary N) is 1. The number of nitrogens with zero attached hydrogens (tertiary/aromatic N) is 4. The van der Waals surface area contributed by atoms with Crippen molar-refractivity contribution in [1.82, 2.24) is 19.4 Å². The standard InChI is InChI=1S/C27H39N5O2/c1-30-24-13-12-22(28-26(33)20-8-4-2-5-9-20)18-23(24)29-25(30)19-31-14-16-32(17-15-31)27(34)21-10-6-3-7-11-21/h12-13,18,20-21H,2-11,14-17,19H2,1H3,(H,28,33). The van der Waals surface area contributed by atoms with Gasteiger partial charge in [0.2, 0.25) is 11.8 Å². The topological polar surface area (TPSA) is 70.5 Å². The molecule has 2 amide bonds. The van der Waals surface area contributed by atoms with E-state index in [9.17, 15) is 9.59 Å². The van der Waals surface area contributed by atoms with E-state index in [0.29, 0.717) is 5.91 Å². The smallest absolute Gasteiger partial charge is 0.227 e. The third-order valence-corrected chi connectivity index (χ3v) is 8.22. The van der Waals surface area contributed by atoms with Gasteiger partial charge in [-0.15, -0.1) is 0 Å². The van der Waals surface area contributed by atoms with Gasteiger partial charge < -0.3 is 14.8 Å². The van der Waals surface area contributed by atoms with E-state index in [0.717, 1.165) is 93.8 Å². The van der Waals surface area contributed by atoms with Gasteiger partial charge in [0.1, 0.15) is 5.82 Å². The highest BCUT2D eigenvalue weighted by Gasteiger charge is 2.29. The van der Waals surface area contributed by atoms with Crippen LogP contribution in [0.5, 0.6) is 0 Å². The molecule has 2 aromatic rings. The molecule has 1 saturated heterocycles. The van der Waals surface area contributed by atoms with E-state index >= 15 is 0 Å². The third kappa shape index (κ3) is 5.14. The lowest BCUT2D eigenvalue weighted by atomic mass is 9.88. The summed E-state index contributed by atoms with van der Waals surface area (Å²) in [6.45, 7) is 4.20. The zero-order valence-electron chi connectivity index (χ0n) is 20.6. The summed E-state index contributed by atoms with van der Waals surface area (Å²) in [7, 11) is 2.06. The molecule has 2 saturated carbocycles. The first-order chi connectivity index (χ1) is 16.6. The molecule has 3 fully saturated rings. The summed E-state index contributed by atoms with van der Waals surface area (Å²) >= 11 is 0. The fraction of sp³-hybridized carbons (Fsp3) is 0.667. The Morgan fingerprint density at radius 2 is 1.56 bits per heavy atom. The molecule has 5 rings (SSSR count). The normalized spacial score (nSPS) is 21.1. The van der Waals surface area contributed by atoms with Crippen LogP contribution in [0.3, 0.4) is 0 Å². The number of carbonyl (C=O) groups excluding carboxylic acids is 2. The number of hydrogen-bond acceptors (Lipinski definition) is 4. The van der Waals surface area contributed by atoms with E-state index in [1.54, 1.807) is 0 Å². The van der Waals surface area contributed by atoms with Crippen molar-refractivity contribution in [2.24, 2.45) is 18.9 Å². The van der Waals surface area contributed by atoms with E-state index in [1.807, 2.05) is 12.1 Å². The minimum Gasteiger partial charge on any atom is -0.340 e. The first kappa shape index (κ1) is 23.3. The molecule has 7 heteroatoms. The van der Waals surface area contributed by atoms with E-state index in [-0.39, 0.29) is 17.7 Å². The van der Waals surface area contributed by atoms with Crippen LogP contribution in [0, 0.1) is 11.8 Å². The predicted molar refractivity (Wildman–Crippen MR) is 134 cm³/mol. The third-order valence-electron chi connectivity index (χ3n) is 8.22. The number of aryl methyl sites for hydroxylation is 1. The van der Waals surface area contributed by atoms with E-state index < -0.39 is 0 Å². The maximum Gasteiger partial charge on any atom is 0.227 e. The van der Waals surface area contributed by atoms with Crippen LogP contribution in [-0.4, -0.2) is 57.3 Å². The van der Waals surface area contributed by atoms with Crippen LogP contribution in [0.15, 0.2) is 18.2 Å². The molecule has 0 unspecified atom stereocenters. The number of anilines is 1.